The molecule has 0 aliphatic heterocycles. The van der Waals surface area contributed by atoms with E-state index < -0.39 is 16.0 Å². The van der Waals surface area contributed by atoms with Crippen LogP contribution in [0.1, 0.15) is 6.42 Å². The summed E-state index contributed by atoms with van der Waals surface area (Å²) in [5.74, 6) is -0.468. The van der Waals surface area contributed by atoms with E-state index in [0.717, 1.165) is 4.31 Å². The van der Waals surface area contributed by atoms with Gasteiger partial charge in [-0.3, -0.25) is 9.89 Å². The van der Waals surface area contributed by atoms with Crippen molar-refractivity contribution in [1.29, 1.82) is 0 Å². The Morgan fingerprint density at radius 3 is 2.68 bits per heavy atom. The fourth-order valence-electron chi connectivity index (χ4n) is 1.39. The monoisotopic (exact) mass is 291 g/mol. The summed E-state index contributed by atoms with van der Waals surface area (Å²) >= 11 is 0. The smallest absolute Gasteiger partial charge is 0.306 e. The standard InChI is InChI=1S/C10H17N3O5S/c1-17-6-5-13(4-3-10(14)18-2)19(15,16)9-7-11-12-8-9/h7-8H,3-6H2,1-2H3,(H,11,12). The molecule has 0 aliphatic rings. The molecule has 0 aliphatic carbocycles. The van der Waals surface area contributed by atoms with E-state index in [2.05, 4.69) is 14.9 Å². The van der Waals surface area contributed by atoms with E-state index in [1.807, 2.05) is 0 Å². The molecule has 0 radical (unpaired) electrons. The highest BCUT2D eigenvalue weighted by atomic mass is 32.2. The van der Waals surface area contributed by atoms with E-state index in [-0.39, 0.29) is 31.0 Å². The number of esters is 1. The number of H-pyrrole nitrogens is 1. The number of nitrogens with zero attached hydrogens (tertiary/aromatic N) is 2. The summed E-state index contributed by atoms with van der Waals surface area (Å²) in [7, 11) is -0.951. The molecular formula is C10H17N3O5S. The topological polar surface area (TPSA) is 102 Å². The van der Waals surface area contributed by atoms with E-state index in [1.165, 1.54) is 26.6 Å². The lowest BCUT2D eigenvalue weighted by atomic mass is 10.4. The third-order valence-corrected chi connectivity index (χ3v) is 4.31. The number of hydrogen-bond donors (Lipinski definition) is 1. The lowest BCUT2D eigenvalue weighted by Gasteiger charge is -2.20. The Labute approximate surface area is 111 Å². The average Bonchev–Trinajstić information content (AvgIpc) is 2.92. The number of carbonyl (C=O) groups excluding carboxylic acids is 1. The second-order valence-corrected chi connectivity index (χ2v) is 5.59. The lowest BCUT2D eigenvalue weighted by molar-refractivity contribution is -0.140. The van der Waals surface area contributed by atoms with Gasteiger partial charge in [-0.25, -0.2) is 8.42 Å². The molecule has 0 saturated carbocycles. The Kier molecular flexibility index (Phi) is 5.93. The van der Waals surface area contributed by atoms with Crippen LogP contribution in [0.5, 0.6) is 0 Å². The zero-order valence-electron chi connectivity index (χ0n) is 10.8. The summed E-state index contributed by atoms with van der Waals surface area (Å²) in [6, 6.07) is 0. The minimum absolute atomic E-state index is 0.0166. The van der Waals surface area contributed by atoms with Crippen molar-refractivity contribution in [3.63, 3.8) is 0 Å². The zero-order chi connectivity index (χ0) is 14.3. The van der Waals surface area contributed by atoms with Crippen molar-refractivity contribution >= 4 is 16.0 Å². The summed E-state index contributed by atoms with van der Waals surface area (Å²) in [6.07, 6.45) is 2.48. The predicted octanol–water partition coefficient (Wildman–Crippen LogP) is -0.390. The summed E-state index contributed by atoms with van der Waals surface area (Å²) in [5.41, 5.74) is 0. The summed E-state index contributed by atoms with van der Waals surface area (Å²) in [4.78, 5) is 11.2. The first kappa shape index (κ1) is 15.6. The van der Waals surface area contributed by atoms with Gasteiger partial charge in [0.1, 0.15) is 4.90 Å². The van der Waals surface area contributed by atoms with E-state index in [9.17, 15) is 13.2 Å². The molecule has 1 aromatic rings. The first-order valence-corrected chi connectivity index (χ1v) is 7.01. The number of aromatic amines is 1. The molecule has 9 heteroatoms. The van der Waals surface area contributed by atoms with Gasteiger partial charge in [0.2, 0.25) is 10.0 Å². The summed E-state index contributed by atoms with van der Waals surface area (Å²) in [6.45, 7) is 0.419. The van der Waals surface area contributed by atoms with Gasteiger partial charge in [0.25, 0.3) is 0 Å². The molecule has 1 rings (SSSR count). The number of sulfonamides is 1. The Morgan fingerprint density at radius 1 is 1.42 bits per heavy atom. The Hall–Kier alpha value is -1.45. The van der Waals surface area contributed by atoms with Gasteiger partial charge in [0.15, 0.2) is 0 Å². The maximum absolute atomic E-state index is 12.3. The zero-order valence-corrected chi connectivity index (χ0v) is 11.6. The third-order valence-electron chi connectivity index (χ3n) is 2.45. The van der Waals surface area contributed by atoms with Gasteiger partial charge in [0.05, 0.1) is 26.3 Å². The van der Waals surface area contributed by atoms with Crippen LogP contribution in [-0.4, -0.2) is 62.8 Å². The molecular weight excluding hydrogens is 274 g/mol. The lowest BCUT2D eigenvalue weighted by Crippen LogP contribution is -2.35. The Balaban J connectivity index is 2.81. The molecule has 19 heavy (non-hydrogen) atoms. The minimum atomic E-state index is -3.68. The molecule has 0 spiro atoms. The van der Waals surface area contributed by atoms with Gasteiger partial charge in [-0.05, 0) is 0 Å². The van der Waals surface area contributed by atoms with Crippen LogP contribution in [0, 0.1) is 0 Å². The number of nitrogens with one attached hydrogen (secondary N) is 1. The van der Waals surface area contributed by atoms with Crippen molar-refractivity contribution in [2.75, 3.05) is 33.9 Å². The van der Waals surface area contributed by atoms with E-state index in [1.54, 1.807) is 0 Å². The van der Waals surface area contributed by atoms with Crippen LogP contribution in [0.2, 0.25) is 0 Å². The second kappa shape index (κ2) is 7.22. The molecule has 0 saturated heterocycles. The van der Waals surface area contributed by atoms with Crippen LogP contribution in [0.4, 0.5) is 0 Å². The van der Waals surface area contributed by atoms with E-state index >= 15 is 0 Å². The number of aromatic nitrogens is 2. The van der Waals surface area contributed by atoms with Gasteiger partial charge in [0, 0.05) is 26.4 Å². The number of rotatable bonds is 8. The van der Waals surface area contributed by atoms with Gasteiger partial charge >= 0.3 is 5.97 Å². The van der Waals surface area contributed by atoms with E-state index in [0.29, 0.717) is 0 Å². The number of hydrogen-bond acceptors (Lipinski definition) is 6. The fourth-order valence-corrected chi connectivity index (χ4v) is 2.72. The SMILES string of the molecule is COCCN(CCC(=O)OC)S(=O)(=O)c1cn[nH]c1. The van der Waals surface area contributed by atoms with E-state index in [4.69, 9.17) is 4.74 Å². The first-order chi connectivity index (χ1) is 9.02. The highest BCUT2D eigenvalue weighted by Crippen LogP contribution is 2.14. The van der Waals surface area contributed by atoms with Crippen LogP contribution in [-0.2, 0) is 24.3 Å². The summed E-state index contributed by atoms with van der Waals surface area (Å²) in [5, 5.41) is 6.05. The van der Waals surface area contributed by atoms with Crippen molar-refractivity contribution in [3.8, 4) is 0 Å². The molecule has 1 N–H and O–H groups in total. The van der Waals surface area contributed by atoms with Gasteiger partial charge < -0.3 is 9.47 Å². The molecule has 0 unspecified atom stereocenters. The molecule has 0 fully saturated rings. The Morgan fingerprint density at radius 2 is 2.16 bits per heavy atom. The molecule has 0 aromatic carbocycles. The molecule has 8 nitrogen and oxygen atoms in total. The molecule has 1 aromatic heterocycles. The first-order valence-electron chi connectivity index (χ1n) is 5.57. The fraction of sp³-hybridized carbons (Fsp3) is 0.600. The molecule has 0 bridgehead atoms. The highest BCUT2D eigenvalue weighted by Gasteiger charge is 2.25. The molecule has 1 heterocycles. The molecule has 0 atom stereocenters. The van der Waals surface area contributed by atoms with Crippen molar-refractivity contribution in [2.45, 2.75) is 11.3 Å². The van der Waals surface area contributed by atoms with Gasteiger partial charge in [-0.1, -0.05) is 0 Å². The van der Waals surface area contributed by atoms with Crippen molar-refractivity contribution in [3.05, 3.63) is 12.4 Å². The minimum Gasteiger partial charge on any atom is -0.469 e. The third kappa shape index (κ3) is 4.30. The van der Waals surface area contributed by atoms with Crippen LogP contribution in [0.15, 0.2) is 17.3 Å². The highest BCUT2D eigenvalue weighted by molar-refractivity contribution is 7.89. The van der Waals surface area contributed by atoms with Crippen molar-refractivity contribution in [2.24, 2.45) is 0 Å². The van der Waals surface area contributed by atoms with Crippen molar-refractivity contribution in [1.82, 2.24) is 14.5 Å². The van der Waals surface area contributed by atoms with Crippen LogP contribution in [0.3, 0.4) is 0 Å². The van der Waals surface area contributed by atoms with Gasteiger partial charge in [-0.15, -0.1) is 0 Å². The average molecular weight is 291 g/mol. The van der Waals surface area contributed by atoms with Crippen LogP contribution >= 0.6 is 0 Å². The van der Waals surface area contributed by atoms with Crippen LogP contribution < -0.4 is 0 Å². The molecule has 108 valence electrons. The summed E-state index contributed by atoms with van der Waals surface area (Å²) < 4.78 is 35.1. The maximum Gasteiger partial charge on any atom is 0.306 e. The quantitative estimate of drug-likeness (QED) is 0.654. The van der Waals surface area contributed by atoms with Crippen molar-refractivity contribution < 1.29 is 22.7 Å². The number of carbonyl (C=O) groups is 1. The predicted molar refractivity (Wildman–Crippen MR) is 65.9 cm³/mol. The van der Waals surface area contributed by atoms with Crippen LogP contribution in [0.25, 0.3) is 0 Å². The molecule has 0 amide bonds. The number of methoxy groups -OCH3 is 2. The Bertz CT molecular complexity index is 485. The largest absolute Gasteiger partial charge is 0.469 e. The maximum atomic E-state index is 12.3. The number of ether oxygens (including phenoxy) is 2. The van der Waals surface area contributed by atoms with Gasteiger partial charge in [-0.2, -0.15) is 9.40 Å². The normalized spacial score (nSPS) is 11.7. The second-order valence-electron chi connectivity index (χ2n) is 3.66.